The number of rotatable bonds is 7. The van der Waals surface area contributed by atoms with E-state index in [1.807, 2.05) is 13.1 Å². The molecule has 0 bridgehead atoms. The van der Waals surface area contributed by atoms with Gasteiger partial charge in [0.2, 0.25) is 0 Å². The number of hydrogen-bond acceptors (Lipinski definition) is 3. The summed E-state index contributed by atoms with van der Waals surface area (Å²) in [5.41, 5.74) is 3.24. The fourth-order valence-corrected chi connectivity index (χ4v) is 3.45. The molecular formula is C21H28FN3. The normalized spacial score (nSPS) is 15.5. The molecule has 2 N–H and O–H groups in total. The lowest BCUT2D eigenvalue weighted by Gasteiger charge is -2.34. The molecule has 1 fully saturated rings. The van der Waals surface area contributed by atoms with Crippen LogP contribution in [0.1, 0.15) is 19.3 Å². The molecule has 0 aromatic heterocycles. The smallest absolute Gasteiger partial charge is 0.123 e. The number of halogens is 1. The van der Waals surface area contributed by atoms with Gasteiger partial charge in [-0.1, -0.05) is 24.3 Å². The molecular weight excluding hydrogens is 313 g/mol. The summed E-state index contributed by atoms with van der Waals surface area (Å²) in [5.74, 6) is -0.189. The van der Waals surface area contributed by atoms with Gasteiger partial charge in [-0.25, -0.2) is 4.39 Å². The van der Waals surface area contributed by atoms with E-state index in [0.29, 0.717) is 6.04 Å². The van der Waals surface area contributed by atoms with Gasteiger partial charge in [0.1, 0.15) is 5.82 Å². The van der Waals surface area contributed by atoms with Crippen molar-refractivity contribution in [2.24, 2.45) is 0 Å². The zero-order chi connectivity index (χ0) is 17.5. The molecule has 0 amide bonds. The third-order valence-electron chi connectivity index (χ3n) is 4.92. The second-order valence-corrected chi connectivity index (χ2v) is 6.73. The summed E-state index contributed by atoms with van der Waals surface area (Å²) in [6.45, 7) is 4.34. The molecule has 0 saturated carbocycles. The van der Waals surface area contributed by atoms with Gasteiger partial charge in [-0.3, -0.25) is 0 Å². The van der Waals surface area contributed by atoms with Crippen LogP contribution < -0.4 is 15.5 Å². The number of piperidine rings is 1. The summed E-state index contributed by atoms with van der Waals surface area (Å²) in [6, 6.07) is 15.9. The number of benzene rings is 2. The summed E-state index contributed by atoms with van der Waals surface area (Å²) in [5, 5.41) is 6.85. The first-order chi connectivity index (χ1) is 12.3. The van der Waals surface area contributed by atoms with E-state index in [9.17, 15) is 4.39 Å². The van der Waals surface area contributed by atoms with Gasteiger partial charge in [0.05, 0.1) is 0 Å². The first kappa shape index (κ1) is 17.9. The minimum Gasteiger partial charge on any atom is -0.371 e. The monoisotopic (exact) mass is 341 g/mol. The molecule has 0 radical (unpaired) electrons. The molecule has 3 rings (SSSR count). The van der Waals surface area contributed by atoms with Gasteiger partial charge in [-0.05, 0) is 74.8 Å². The predicted molar refractivity (Wildman–Crippen MR) is 104 cm³/mol. The van der Waals surface area contributed by atoms with E-state index < -0.39 is 0 Å². The van der Waals surface area contributed by atoms with Gasteiger partial charge in [-0.15, -0.1) is 0 Å². The van der Waals surface area contributed by atoms with Crippen LogP contribution in [-0.2, 0) is 0 Å². The van der Waals surface area contributed by atoms with Crippen molar-refractivity contribution < 1.29 is 4.39 Å². The van der Waals surface area contributed by atoms with E-state index in [2.05, 4.69) is 39.8 Å². The van der Waals surface area contributed by atoms with Gasteiger partial charge in [0, 0.05) is 24.8 Å². The summed E-state index contributed by atoms with van der Waals surface area (Å²) in [7, 11) is 2.00. The van der Waals surface area contributed by atoms with Crippen molar-refractivity contribution in [2.75, 3.05) is 38.1 Å². The summed E-state index contributed by atoms with van der Waals surface area (Å²) >= 11 is 0. The summed E-state index contributed by atoms with van der Waals surface area (Å²) in [6.07, 6.45) is 3.55. The Morgan fingerprint density at radius 3 is 2.44 bits per heavy atom. The zero-order valence-corrected chi connectivity index (χ0v) is 15.0. The maximum Gasteiger partial charge on any atom is 0.123 e. The molecule has 0 atom stereocenters. The molecule has 3 nitrogen and oxygen atoms in total. The average Bonchev–Trinajstić information content (AvgIpc) is 2.66. The van der Waals surface area contributed by atoms with E-state index >= 15 is 0 Å². The highest BCUT2D eigenvalue weighted by atomic mass is 19.1. The molecule has 1 heterocycles. The highest BCUT2D eigenvalue weighted by Crippen LogP contribution is 2.25. The van der Waals surface area contributed by atoms with Crippen LogP contribution in [0.2, 0.25) is 0 Å². The number of nitrogens with one attached hydrogen (secondary N) is 2. The summed E-state index contributed by atoms with van der Waals surface area (Å²) < 4.78 is 13.4. The van der Waals surface area contributed by atoms with Gasteiger partial charge in [0.25, 0.3) is 0 Å². The molecule has 2 aromatic rings. The Morgan fingerprint density at radius 2 is 1.76 bits per heavy atom. The molecule has 0 unspecified atom stereocenters. The molecule has 1 saturated heterocycles. The Balaban J connectivity index is 1.52. The van der Waals surface area contributed by atoms with Crippen LogP contribution in [-0.4, -0.2) is 39.3 Å². The van der Waals surface area contributed by atoms with Gasteiger partial charge >= 0.3 is 0 Å². The van der Waals surface area contributed by atoms with E-state index in [-0.39, 0.29) is 5.82 Å². The van der Waals surface area contributed by atoms with Crippen LogP contribution >= 0.6 is 0 Å². The van der Waals surface area contributed by atoms with Crippen LogP contribution in [0.25, 0.3) is 11.1 Å². The van der Waals surface area contributed by atoms with Crippen molar-refractivity contribution in [2.45, 2.75) is 25.3 Å². The van der Waals surface area contributed by atoms with Gasteiger partial charge in [0.15, 0.2) is 0 Å². The maximum atomic E-state index is 13.4. The van der Waals surface area contributed by atoms with E-state index in [0.717, 1.165) is 37.3 Å². The molecule has 134 valence electrons. The third kappa shape index (κ3) is 5.03. The highest BCUT2D eigenvalue weighted by molar-refractivity contribution is 5.66. The lowest BCUT2D eigenvalue weighted by molar-refractivity contribution is 0.412. The summed E-state index contributed by atoms with van der Waals surface area (Å²) in [4.78, 5) is 2.45. The van der Waals surface area contributed by atoms with Crippen LogP contribution in [0, 0.1) is 5.82 Å². The topological polar surface area (TPSA) is 27.3 Å². The maximum absolute atomic E-state index is 13.4. The fraction of sp³-hybridized carbons (Fsp3) is 0.429. The van der Waals surface area contributed by atoms with Crippen LogP contribution in [0.15, 0.2) is 48.5 Å². The van der Waals surface area contributed by atoms with Gasteiger partial charge in [-0.2, -0.15) is 0 Å². The zero-order valence-electron chi connectivity index (χ0n) is 15.0. The Bertz CT molecular complexity index is 648. The fourth-order valence-electron chi connectivity index (χ4n) is 3.45. The standard InChI is InChI=1S/C21H28FN3/c1-23-12-3-13-24-20-10-14-25(15-11-20)21-8-6-17(7-9-21)18-4-2-5-19(22)16-18/h2,4-9,16,20,23-24H,3,10-15H2,1H3. The first-order valence-corrected chi connectivity index (χ1v) is 9.25. The van der Waals surface area contributed by atoms with Crippen molar-refractivity contribution >= 4 is 5.69 Å². The average molecular weight is 341 g/mol. The minimum absolute atomic E-state index is 0.189. The molecule has 25 heavy (non-hydrogen) atoms. The predicted octanol–water partition coefficient (Wildman–Crippen LogP) is 3.66. The molecule has 1 aliphatic rings. The lowest BCUT2D eigenvalue weighted by atomic mass is 10.0. The van der Waals surface area contributed by atoms with E-state index in [4.69, 9.17) is 0 Å². The number of anilines is 1. The highest BCUT2D eigenvalue weighted by Gasteiger charge is 2.18. The second kappa shape index (κ2) is 8.97. The van der Waals surface area contributed by atoms with Crippen LogP contribution in [0.5, 0.6) is 0 Å². The Labute approximate surface area is 150 Å². The molecule has 1 aliphatic heterocycles. The van der Waals surface area contributed by atoms with Crippen LogP contribution in [0.4, 0.5) is 10.1 Å². The number of hydrogen-bond donors (Lipinski definition) is 2. The molecule has 0 aliphatic carbocycles. The first-order valence-electron chi connectivity index (χ1n) is 9.25. The Morgan fingerprint density at radius 1 is 1.00 bits per heavy atom. The van der Waals surface area contributed by atoms with Crippen molar-refractivity contribution in [3.63, 3.8) is 0 Å². The largest absolute Gasteiger partial charge is 0.371 e. The second-order valence-electron chi connectivity index (χ2n) is 6.73. The van der Waals surface area contributed by atoms with Crippen molar-refractivity contribution in [1.29, 1.82) is 0 Å². The van der Waals surface area contributed by atoms with Crippen molar-refractivity contribution in [3.8, 4) is 11.1 Å². The Kier molecular flexibility index (Phi) is 6.42. The number of nitrogens with zero attached hydrogens (tertiary/aromatic N) is 1. The van der Waals surface area contributed by atoms with E-state index in [1.165, 1.54) is 31.0 Å². The lowest BCUT2D eigenvalue weighted by Crippen LogP contribution is -2.43. The molecule has 4 heteroatoms. The SMILES string of the molecule is CNCCCNC1CCN(c2ccc(-c3cccc(F)c3)cc2)CC1. The minimum atomic E-state index is -0.189. The van der Waals surface area contributed by atoms with E-state index in [1.54, 1.807) is 12.1 Å². The van der Waals surface area contributed by atoms with Crippen molar-refractivity contribution in [1.82, 2.24) is 10.6 Å². The van der Waals surface area contributed by atoms with Crippen molar-refractivity contribution in [3.05, 3.63) is 54.3 Å². The van der Waals surface area contributed by atoms with Crippen LogP contribution in [0.3, 0.4) is 0 Å². The van der Waals surface area contributed by atoms with Gasteiger partial charge < -0.3 is 15.5 Å². The third-order valence-corrected chi connectivity index (χ3v) is 4.92. The quantitative estimate of drug-likeness (QED) is 0.753. The molecule has 2 aromatic carbocycles. The molecule has 0 spiro atoms. The Hall–Kier alpha value is -1.91.